The first kappa shape index (κ1) is 12.9. The minimum absolute atomic E-state index is 0.906. The summed E-state index contributed by atoms with van der Waals surface area (Å²) in [6, 6.07) is 10.4. The number of para-hydroxylation sites is 1. The molecule has 1 fully saturated rings. The number of rotatable bonds is 2. The lowest BCUT2D eigenvalue weighted by atomic mass is 10.1. The Labute approximate surface area is 123 Å². The summed E-state index contributed by atoms with van der Waals surface area (Å²) in [5.74, 6) is 0.906. The van der Waals surface area contributed by atoms with Crippen molar-refractivity contribution in [2.75, 3.05) is 13.1 Å². The van der Waals surface area contributed by atoms with Crippen molar-refractivity contribution in [2.24, 2.45) is 0 Å². The lowest BCUT2D eigenvalue weighted by Crippen LogP contribution is -2.23. The van der Waals surface area contributed by atoms with Crippen LogP contribution in [0, 0.1) is 0 Å². The number of thiocarbonyl (C=S) groups is 1. The molecule has 1 aromatic heterocycles. The summed E-state index contributed by atoms with van der Waals surface area (Å²) >= 11 is 7.26. The Hall–Kier alpha value is -1.13. The lowest BCUT2D eigenvalue weighted by molar-refractivity contribution is 0.539. The Morgan fingerprint density at radius 1 is 1.21 bits per heavy atom. The number of aromatic nitrogens is 1. The monoisotopic (exact) mass is 288 g/mol. The molecule has 0 radical (unpaired) electrons. The number of nitrogens with zero attached hydrogens (tertiary/aromatic N) is 2. The topological polar surface area (TPSA) is 16.1 Å². The molecular weight excluding hydrogens is 272 g/mol. The fraction of sp³-hybridized carbons (Fsp3) is 0.333. The second-order valence-corrected chi connectivity index (χ2v) is 6.35. The zero-order valence-corrected chi connectivity index (χ0v) is 12.3. The molecular formula is C15H16N2S2. The van der Waals surface area contributed by atoms with Crippen LogP contribution in [-0.2, 0) is 5.75 Å². The SMILES string of the molecule is S=C(SCc1cccc2cccnc12)N1CCCC1. The second kappa shape index (κ2) is 5.88. The predicted octanol–water partition coefficient (Wildman–Crippen LogP) is 3.85. The first-order valence-corrected chi connectivity index (χ1v) is 7.98. The van der Waals surface area contributed by atoms with Gasteiger partial charge < -0.3 is 4.90 Å². The molecule has 2 nitrogen and oxygen atoms in total. The van der Waals surface area contributed by atoms with E-state index in [1.807, 2.05) is 12.3 Å². The third-order valence-electron chi connectivity index (χ3n) is 3.43. The van der Waals surface area contributed by atoms with Crippen LogP contribution in [0.4, 0.5) is 0 Å². The van der Waals surface area contributed by atoms with E-state index in [1.54, 1.807) is 11.8 Å². The van der Waals surface area contributed by atoms with Gasteiger partial charge in [0.15, 0.2) is 0 Å². The third-order valence-corrected chi connectivity index (χ3v) is 5.00. The number of thioether (sulfide) groups is 1. The van der Waals surface area contributed by atoms with E-state index >= 15 is 0 Å². The van der Waals surface area contributed by atoms with Crippen molar-refractivity contribution >= 4 is 39.2 Å². The Morgan fingerprint density at radius 2 is 2.00 bits per heavy atom. The standard InChI is InChI=1S/C15H16N2S2/c18-15(17-9-1-2-10-17)19-11-13-6-3-5-12-7-4-8-16-14(12)13/h3-8H,1-2,9-11H2. The number of fused-ring (bicyclic) bond motifs is 1. The molecule has 4 heteroatoms. The third kappa shape index (κ3) is 2.90. The highest BCUT2D eigenvalue weighted by Gasteiger charge is 2.15. The first-order valence-electron chi connectivity index (χ1n) is 6.59. The molecule has 2 heterocycles. The first-order chi connectivity index (χ1) is 9.34. The van der Waals surface area contributed by atoms with E-state index in [4.69, 9.17) is 12.2 Å². The van der Waals surface area contributed by atoms with Crippen molar-refractivity contribution in [3.8, 4) is 0 Å². The van der Waals surface area contributed by atoms with Gasteiger partial charge in [-0.2, -0.15) is 0 Å². The number of hydrogen-bond acceptors (Lipinski definition) is 3. The summed E-state index contributed by atoms with van der Waals surface area (Å²) in [4.78, 5) is 6.80. The molecule has 0 unspecified atom stereocenters. The number of likely N-dealkylation sites (tertiary alicyclic amines) is 1. The molecule has 1 saturated heterocycles. The van der Waals surface area contributed by atoms with Gasteiger partial charge in [0, 0.05) is 30.4 Å². The summed E-state index contributed by atoms with van der Waals surface area (Å²) in [5.41, 5.74) is 2.37. The van der Waals surface area contributed by atoms with Crippen molar-refractivity contribution in [3.63, 3.8) is 0 Å². The summed E-state index contributed by atoms with van der Waals surface area (Å²) in [5, 5.41) is 1.20. The molecule has 1 aliphatic rings. The van der Waals surface area contributed by atoms with Gasteiger partial charge in [0.25, 0.3) is 0 Å². The molecule has 0 aliphatic carbocycles. The maximum absolute atomic E-state index is 5.50. The van der Waals surface area contributed by atoms with Crippen LogP contribution in [0.3, 0.4) is 0 Å². The summed E-state index contributed by atoms with van der Waals surface area (Å²) in [6.45, 7) is 2.25. The average molecular weight is 288 g/mol. The minimum Gasteiger partial charge on any atom is -0.358 e. The molecule has 3 rings (SSSR count). The van der Waals surface area contributed by atoms with Crippen LogP contribution in [0.2, 0.25) is 0 Å². The van der Waals surface area contributed by atoms with Crippen molar-refractivity contribution in [3.05, 3.63) is 42.1 Å². The van der Waals surface area contributed by atoms with Gasteiger partial charge in [0.05, 0.1) is 5.52 Å². The zero-order chi connectivity index (χ0) is 13.1. The lowest BCUT2D eigenvalue weighted by Gasteiger charge is -2.17. The van der Waals surface area contributed by atoms with Crippen molar-refractivity contribution in [1.82, 2.24) is 9.88 Å². The summed E-state index contributed by atoms with van der Waals surface area (Å²) in [7, 11) is 0. The van der Waals surface area contributed by atoms with Crippen molar-refractivity contribution < 1.29 is 0 Å². The quantitative estimate of drug-likeness (QED) is 0.780. The predicted molar refractivity (Wildman–Crippen MR) is 86.4 cm³/mol. The zero-order valence-electron chi connectivity index (χ0n) is 10.7. The van der Waals surface area contributed by atoms with Gasteiger partial charge in [-0.3, -0.25) is 4.98 Å². The Bertz CT molecular complexity index is 586. The fourth-order valence-electron chi connectivity index (χ4n) is 2.41. The molecule has 0 amide bonds. The molecule has 0 N–H and O–H groups in total. The Balaban J connectivity index is 1.73. The van der Waals surface area contributed by atoms with Crippen LogP contribution in [0.15, 0.2) is 36.5 Å². The van der Waals surface area contributed by atoms with Gasteiger partial charge in [-0.25, -0.2) is 0 Å². The maximum Gasteiger partial charge on any atom is 0.136 e. The summed E-state index contributed by atoms with van der Waals surface area (Å²) < 4.78 is 1.03. The van der Waals surface area contributed by atoms with E-state index in [0.717, 1.165) is 28.7 Å². The second-order valence-electron chi connectivity index (χ2n) is 4.74. The largest absolute Gasteiger partial charge is 0.358 e. The highest BCUT2D eigenvalue weighted by molar-refractivity contribution is 8.22. The van der Waals surface area contributed by atoms with Crippen LogP contribution in [0.25, 0.3) is 10.9 Å². The van der Waals surface area contributed by atoms with E-state index in [0.29, 0.717) is 0 Å². The van der Waals surface area contributed by atoms with Crippen LogP contribution in [-0.4, -0.2) is 27.3 Å². The van der Waals surface area contributed by atoms with Crippen LogP contribution in [0.1, 0.15) is 18.4 Å². The Kier molecular flexibility index (Phi) is 3.99. The van der Waals surface area contributed by atoms with Gasteiger partial charge in [-0.15, -0.1) is 0 Å². The van der Waals surface area contributed by atoms with E-state index in [9.17, 15) is 0 Å². The molecule has 0 bridgehead atoms. The van der Waals surface area contributed by atoms with Crippen molar-refractivity contribution in [2.45, 2.75) is 18.6 Å². The molecule has 98 valence electrons. The molecule has 0 spiro atoms. The normalized spacial score (nSPS) is 15.1. The fourth-order valence-corrected chi connectivity index (χ4v) is 3.65. The average Bonchev–Trinajstić information content (AvgIpc) is 2.99. The molecule has 0 atom stereocenters. The number of pyridine rings is 1. The molecule has 1 aromatic carbocycles. The number of hydrogen-bond donors (Lipinski definition) is 0. The molecule has 19 heavy (non-hydrogen) atoms. The van der Waals surface area contributed by atoms with E-state index in [2.05, 4.69) is 34.1 Å². The van der Waals surface area contributed by atoms with E-state index in [-0.39, 0.29) is 0 Å². The highest BCUT2D eigenvalue weighted by atomic mass is 32.2. The molecule has 2 aromatic rings. The van der Waals surface area contributed by atoms with Gasteiger partial charge >= 0.3 is 0 Å². The van der Waals surface area contributed by atoms with Gasteiger partial charge in [-0.05, 0) is 24.5 Å². The smallest absolute Gasteiger partial charge is 0.136 e. The summed E-state index contributed by atoms with van der Waals surface area (Å²) in [6.07, 6.45) is 4.41. The van der Waals surface area contributed by atoms with Gasteiger partial charge in [0.2, 0.25) is 0 Å². The minimum atomic E-state index is 0.906. The van der Waals surface area contributed by atoms with E-state index in [1.165, 1.54) is 23.8 Å². The maximum atomic E-state index is 5.50. The molecule has 1 aliphatic heterocycles. The van der Waals surface area contributed by atoms with Crippen LogP contribution in [0.5, 0.6) is 0 Å². The van der Waals surface area contributed by atoms with Crippen LogP contribution >= 0.6 is 24.0 Å². The number of benzene rings is 1. The highest BCUT2D eigenvalue weighted by Crippen LogP contribution is 2.24. The Morgan fingerprint density at radius 3 is 2.84 bits per heavy atom. The van der Waals surface area contributed by atoms with E-state index < -0.39 is 0 Å². The van der Waals surface area contributed by atoms with Crippen LogP contribution < -0.4 is 0 Å². The molecule has 0 saturated carbocycles. The van der Waals surface area contributed by atoms with Gasteiger partial charge in [0.1, 0.15) is 4.32 Å². The van der Waals surface area contributed by atoms with Crippen molar-refractivity contribution in [1.29, 1.82) is 0 Å². The van der Waals surface area contributed by atoms with Gasteiger partial charge in [-0.1, -0.05) is 48.2 Å².